The molecule has 0 heterocycles. The van der Waals surface area contributed by atoms with Crippen molar-refractivity contribution in [2.24, 2.45) is 17.8 Å². The van der Waals surface area contributed by atoms with Crippen LogP contribution in [0.5, 0.6) is 0 Å². The number of hydrogen-bond acceptors (Lipinski definition) is 3. The van der Waals surface area contributed by atoms with Crippen molar-refractivity contribution in [2.75, 3.05) is 0 Å². The Kier molecular flexibility index (Phi) is 3.72. The van der Waals surface area contributed by atoms with Gasteiger partial charge in [-0.15, -0.1) is 0 Å². The third-order valence-corrected chi connectivity index (χ3v) is 6.11. The molecular weight excluding hydrogens is 312 g/mol. The third kappa shape index (κ3) is 2.80. The van der Waals surface area contributed by atoms with Gasteiger partial charge in [0, 0.05) is 0 Å². The molecule has 0 saturated heterocycles. The molecule has 5 rings (SSSR count). The molecule has 23 heavy (non-hydrogen) atoms. The zero-order valence-electron chi connectivity index (χ0n) is 13.0. The second kappa shape index (κ2) is 5.62. The molecule has 0 aromatic heterocycles. The summed E-state index contributed by atoms with van der Waals surface area (Å²) in [6, 6.07) is 8.97. The van der Waals surface area contributed by atoms with Gasteiger partial charge in [0.15, 0.2) is 5.92 Å². The van der Waals surface area contributed by atoms with Gasteiger partial charge in [0.2, 0.25) is 5.24 Å². The maximum Gasteiger partial charge on any atom is 0.322 e. The summed E-state index contributed by atoms with van der Waals surface area (Å²) in [5.74, 6) is 0.590. The maximum atomic E-state index is 12.7. The van der Waals surface area contributed by atoms with Crippen LogP contribution in [0.1, 0.15) is 50.0 Å². The van der Waals surface area contributed by atoms with Gasteiger partial charge in [-0.2, -0.15) is 0 Å². The van der Waals surface area contributed by atoms with Crippen molar-refractivity contribution in [1.29, 1.82) is 0 Å². The minimum absolute atomic E-state index is 0.342. The number of halogens is 1. The largest absolute Gasteiger partial charge is 0.458 e. The Morgan fingerprint density at radius 2 is 1.52 bits per heavy atom. The molecule has 0 radical (unpaired) electrons. The Hall–Kier alpha value is -1.35. The van der Waals surface area contributed by atoms with E-state index in [1.807, 2.05) is 6.07 Å². The Balaban J connectivity index is 1.56. The quantitative estimate of drug-likeness (QED) is 0.474. The predicted octanol–water partition coefficient (Wildman–Crippen LogP) is 4.05. The standard InChI is InChI=1S/C19H21ClO3/c20-17(21)16(15-4-2-1-3-5-15)18(22)23-19-9-12-6-13(10-19)8-14(7-12)11-19/h1-5,12-14,16H,6-11H2. The zero-order chi connectivity index (χ0) is 16.0. The van der Waals surface area contributed by atoms with Gasteiger partial charge < -0.3 is 4.74 Å². The van der Waals surface area contributed by atoms with Crippen molar-refractivity contribution >= 4 is 22.8 Å². The highest BCUT2D eigenvalue weighted by molar-refractivity contribution is 6.66. The van der Waals surface area contributed by atoms with Crippen LogP contribution in [0, 0.1) is 17.8 Å². The number of ether oxygens (including phenoxy) is 1. The first kappa shape index (κ1) is 15.2. The van der Waals surface area contributed by atoms with Crippen molar-refractivity contribution in [3.05, 3.63) is 35.9 Å². The fourth-order valence-corrected chi connectivity index (χ4v) is 5.65. The Morgan fingerprint density at radius 1 is 1.00 bits per heavy atom. The summed E-state index contributed by atoms with van der Waals surface area (Å²) in [7, 11) is 0. The highest BCUT2D eigenvalue weighted by atomic mass is 35.5. The lowest BCUT2D eigenvalue weighted by Gasteiger charge is -2.55. The van der Waals surface area contributed by atoms with Crippen LogP contribution in [0.25, 0.3) is 0 Å². The molecule has 3 nitrogen and oxygen atoms in total. The van der Waals surface area contributed by atoms with Crippen molar-refractivity contribution in [2.45, 2.75) is 50.0 Å². The molecular formula is C19H21ClO3. The van der Waals surface area contributed by atoms with Crippen LogP contribution in [0.4, 0.5) is 0 Å². The normalized spacial score (nSPS) is 35.8. The highest BCUT2D eigenvalue weighted by Gasteiger charge is 2.53. The monoisotopic (exact) mass is 332 g/mol. The first-order chi connectivity index (χ1) is 11.0. The summed E-state index contributed by atoms with van der Waals surface area (Å²) < 4.78 is 5.98. The van der Waals surface area contributed by atoms with Gasteiger partial charge in [-0.05, 0) is 73.4 Å². The molecule has 0 spiro atoms. The van der Waals surface area contributed by atoms with Crippen molar-refractivity contribution in [3.63, 3.8) is 0 Å². The molecule has 1 aromatic rings. The van der Waals surface area contributed by atoms with Crippen LogP contribution >= 0.6 is 11.6 Å². The fraction of sp³-hybridized carbons (Fsp3) is 0.579. The molecule has 4 heteroatoms. The number of rotatable bonds is 4. The van der Waals surface area contributed by atoms with Gasteiger partial charge in [0.1, 0.15) is 5.60 Å². The molecule has 4 bridgehead atoms. The smallest absolute Gasteiger partial charge is 0.322 e. The van der Waals surface area contributed by atoms with E-state index in [1.54, 1.807) is 24.3 Å². The van der Waals surface area contributed by atoms with E-state index in [0.29, 0.717) is 23.3 Å². The molecule has 4 aliphatic carbocycles. The molecule has 1 atom stereocenters. The summed E-state index contributed by atoms with van der Waals surface area (Å²) in [5.41, 5.74) is 0.271. The number of hydrogen-bond donors (Lipinski definition) is 0. The van der Waals surface area contributed by atoms with Gasteiger partial charge >= 0.3 is 5.97 Å². The summed E-state index contributed by atoms with van der Waals surface area (Å²) in [5, 5.41) is -0.661. The highest BCUT2D eigenvalue weighted by Crippen LogP contribution is 2.57. The summed E-state index contributed by atoms with van der Waals surface area (Å²) >= 11 is 5.72. The molecule has 4 saturated carbocycles. The first-order valence-corrected chi connectivity index (χ1v) is 8.90. The summed E-state index contributed by atoms with van der Waals surface area (Å²) in [6.45, 7) is 0. The maximum absolute atomic E-state index is 12.7. The Bertz CT molecular complexity index is 589. The average molecular weight is 333 g/mol. The first-order valence-electron chi connectivity index (χ1n) is 8.52. The minimum atomic E-state index is -1.01. The van der Waals surface area contributed by atoms with Crippen LogP contribution in [0.2, 0.25) is 0 Å². The van der Waals surface area contributed by atoms with Gasteiger partial charge in [-0.1, -0.05) is 30.3 Å². The van der Waals surface area contributed by atoms with E-state index in [9.17, 15) is 9.59 Å². The van der Waals surface area contributed by atoms with E-state index >= 15 is 0 Å². The minimum Gasteiger partial charge on any atom is -0.458 e. The average Bonchev–Trinajstić information content (AvgIpc) is 2.45. The number of carbonyl (C=O) groups excluding carboxylic acids is 2. The van der Waals surface area contributed by atoms with Gasteiger partial charge in [-0.25, -0.2) is 0 Å². The van der Waals surface area contributed by atoms with Crippen LogP contribution < -0.4 is 0 Å². The van der Waals surface area contributed by atoms with E-state index < -0.39 is 17.1 Å². The van der Waals surface area contributed by atoms with E-state index in [1.165, 1.54) is 19.3 Å². The summed E-state index contributed by atoms with van der Waals surface area (Å²) in [6.07, 6.45) is 6.74. The molecule has 1 aromatic carbocycles. The molecule has 4 aliphatic rings. The van der Waals surface area contributed by atoms with E-state index in [4.69, 9.17) is 16.3 Å². The second-order valence-corrected chi connectivity index (χ2v) is 8.04. The molecule has 0 N–H and O–H groups in total. The third-order valence-electron chi connectivity index (χ3n) is 5.89. The van der Waals surface area contributed by atoms with Crippen molar-refractivity contribution in [1.82, 2.24) is 0 Å². The Morgan fingerprint density at radius 3 is 2.00 bits per heavy atom. The van der Waals surface area contributed by atoms with Crippen LogP contribution in [0.15, 0.2) is 30.3 Å². The van der Waals surface area contributed by atoms with E-state index in [2.05, 4.69) is 0 Å². The van der Waals surface area contributed by atoms with E-state index in [-0.39, 0.29) is 5.60 Å². The van der Waals surface area contributed by atoms with Gasteiger partial charge in [0.05, 0.1) is 0 Å². The van der Waals surface area contributed by atoms with Gasteiger partial charge in [0.25, 0.3) is 0 Å². The van der Waals surface area contributed by atoms with Crippen LogP contribution in [-0.2, 0) is 14.3 Å². The van der Waals surface area contributed by atoms with Crippen LogP contribution in [0.3, 0.4) is 0 Å². The molecule has 1 unspecified atom stereocenters. The Labute approximate surface area is 141 Å². The molecule has 0 amide bonds. The number of carbonyl (C=O) groups is 2. The fourth-order valence-electron chi connectivity index (χ4n) is 5.43. The SMILES string of the molecule is O=C(Cl)C(C(=O)OC12CC3CC(CC(C3)C1)C2)c1ccccc1. The lowest BCUT2D eigenvalue weighted by Crippen LogP contribution is -2.53. The lowest BCUT2D eigenvalue weighted by atomic mass is 9.54. The lowest BCUT2D eigenvalue weighted by molar-refractivity contribution is -0.188. The van der Waals surface area contributed by atoms with Crippen molar-refractivity contribution in [3.8, 4) is 0 Å². The summed E-state index contributed by atoms with van der Waals surface area (Å²) in [4.78, 5) is 24.6. The molecule has 122 valence electrons. The number of esters is 1. The topological polar surface area (TPSA) is 43.4 Å². The molecule has 0 aliphatic heterocycles. The van der Waals surface area contributed by atoms with Crippen molar-refractivity contribution < 1.29 is 14.3 Å². The van der Waals surface area contributed by atoms with Crippen LogP contribution in [-0.4, -0.2) is 16.8 Å². The number of benzene rings is 1. The molecule has 4 fully saturated rings. The van der Waals surface area contributed by atoms with Gasteiger partial charge in [-0.3, -0.25) is 9.59 Å². The predicted molar refractivity (Wildman–Crippen MR) is 87.0 cm³/mol. The van der Waals surface area contributed by atoms with E-state index in [0.717, 1.165) is 19.3 Å². The second-order valence-electron chi connectivity index (χ2n) is 7.67. The zero-order valence-corrected chi connectivity index (χ0v) is 13.8.